The Kier molecular flexibility index (Phi) is 18.7. The lowest BCUT2D eigenvalue weighted by Gasteiger charge is -2.26. The molecular weight excluding hydrogens is 677 g/mol. The Hall–Kier alpha value is -3.57. The number of methoxy groups -OCH3 is 1. The van der Waals surface area contributed by atoms with Gasteiger partial charge < -0.3 is 29.7 Å². The molecule has 0 fully saturated rings. The molecule has 1 aromatic rings. The van der Waals surface area contributed by atoms with Gasteiger partial charge in [0.25, 0.3) is 0 Å². The number of carbonyl (C=O) groups is 2. The van der Waals surface area contributed by atoms with Crippen molar-refractivity contribution in [2.24, 2.45) is 29.6 Å². The molecule has 3 N–H and O–H groups in total. The topological polar surface area (TPSA) is 127 Å². The normalized spacial score (nSPS) is 34.0. The van der Waals surface area contributed by atoms with Gasteiger partial charge in [0.1, 0.15) is 5.01 Å². The Morgan fingerprint density at radius 3 is 2.27 bits per heavy atom. The van der Waals surface area contributed by atoms with Gasteiger partial charge in [-0.2, -0.15) is 0 Å². The molecule has 1 aliphatic rings. The minimum Gasteiger partial charge on any atom is -0.455 e. The maximum Gasteiger partial charge on any atom is 0.407 e. The van der Waals surface area contributed by atoms with E-state index in [9.17, 15) is 19.8 Å². The fourth-order valence-corrected chi connectivity index (χ4v) is 6.77. The van der Waals surface area contributed by atoms with Gasteiger partial charge in [-0.3, -0.25) is 4.79 Å². The number of aromatic nitrogens is 1. The van der Waals surface area contributed by atoms with Crippen molar-refractivity contribution in [1.82, 2.24) is 10.3 Å². The quantitative estimate of drug-likeness (QED) is 0.247. The second kappa shape index (κ2) is 21.8. The van der Waals surface area contributed by atoms with Gasteiger partial charge in [-0.1, -0.05) is 112 Å². The molecule has 0 bridgehead atoms. The van der Waals surface area contributed by atoms with Gasteiger partial charge >= 0.3 is 12.1 Å². The lowest BCUT2D eigenvalue weighted by Crippen LogP contribution is -2.30. The van der Waals surface area contributed by atoms with Crippen LogP contribution in [0.15, 0.2) is 88.4 Å². The van der Waals surface area contributed by atoms with Crippen LogP contribution in [0.3, 0.4) is 0 Å². The molecule has 0 unspecified atom stereocenters. The number of thiazole rings is 1. The summed E-state index contributed by atoms with van der Waals surface area (Å²) >= 11 is 1.37. The van der Waals surface area contributed by atoms with E-state index in [2.05, 4.69) is 19.2 Å². The molecular formula is C42H62N2O7S. The molecule has 0 aromatic carbocycles. The molecule has 0 spiro atoms. The summed E-state index contributed by atoms with van der Waals surface area (Å²) in [5.41, 5.74) is 4.28. The van der Waals surface area contributed by atoms with Gasteiger partial charge in [0.15, 0.2) is 12.2 Å². The first-order valence-electron chi connectivity index (χ1n) is 18.2. The number of esters is 1. The van der Waals surface area contributed by atoms with Crippen molar-refractivity contribution in [3.8, 4) is 0 Å². The maximum atomic E-state index is 13.6. The Morgan fingerprint density at radius 1 is 0.962 bits per heavy atom. The number of rotatable bonds is 6. The summed E-state index contributed by atoms with van der Waals surface area (Å²) in [7, 11) is 3.15. The maximum absolute atomic E-state index is 13.6. The number of amides is 1. The number of cyclic esters (lactones) is 1. The lowest BCUT2D eigenvalue weighted by molar-refractivity contribution is -0.154. The highest BCUT2D eigenvalue weighted by Crippen LogP contribution is 2.34. The van der Waals surface area contributed by atoms with E-state index in [1.54, 1.807) is 32.3 Å². The average Bonchev–Trinajstić information content (AvgIpc) is 3.57. The number of aliphatic hydroxyl groups is 2. The minimum atomic E-state index is -0.757. The van der Waals surface area contributed by atoms with Crippen LogP contribution in [0.25, 0.3) is 0 Å². The van der Waals surface area contributed by atoms with Crippen LogP contribution in [-0.2, 0) is 19.0 Å². The van der Waals surface area contributed by atoms with Crippen molar-refractivity contribution < 1.29 is 34.0 Å². The van der Waals surface area contributed by atoms with Crippen molar-refractivity contribution in [3.05, 3.63) is 99.1 Å². The van der Waals surface area contributed by atoms with Crippen LogP contribution in [-0.4, -0.2) is 59.7 Å². The van der Waals surface area contributed by atoms with Crippen LogP contribution in [0.1, 0.15) is 98.6 Å². The summed E-state index contributed by atoms with van der Waals surface area (Å²) < 4.78 is 17.7. The SMILES string of the molecule is CNC(=O)O[C@@H](CC(C)C)c1nc([C@H]2OC(=O)[C@@H](C)/C=C/C(C)=C/[C@@H](O)[C@@H](C)\C=C(C)/C=C(C)\C=C\[C@@H](O)[C@H](C)[C@H](OC)/C(C)=C/C=C/[C@@H]2C)cs1. The summed E-state index contributed by atoms with van der Waals surface area (Å²) in [4.78, 5) is 30.6. The second-order valence-corrected chi connectivity index (χ2v) is 15.4. The molecule has 2 heterocycles. The Balaban J connectivity index is 2.60. The number of ether oxygens (including phenoxy) is 3. The molecule has 9 atom stereocenters. The first-order valence-corrected chi connectivity index (χ1v) is 19.0. The number of hydrogen-bond acceptors (Lipinski definition) is 9. The third kappa shape index (κ3) is 14.5. The number of nitrogens with one attached hydrogen (secondary N) is 1. The Labute approximate surface area is 315 Å². The lowest BCUT2D eigenvalue weighted by atomic mass is 9.91. The van der Waals surface area contributed by atoms with Crippen LogP contribution in [0.5, 0.6) is 0 Å². The number of allylic oxidation sites excluding steroid dienone is 8. The number of hydrogen-bond donors (Lipinski definition) is 3. The standard InChI is InChI=1S/C42H62N2O7S/c1-25(2)20-37(50-42(48)43-11)40-44-34(24-52-40)39-30(7)15-13-14-29(6)38(49-12)33(10)35(45)19-17-26(3)21-28(5)22-32(9)36(46)23-27(4)16-18-31(8)41(47)51-39/h13-19,21-25,30-33,35-39,45-46H,20H2,1-12H3,(H,43,48)/b15-13+,18-16+,19-17+,26-21-,27-23+,28-22-,29-14+/t30-,31-,32-,33-,35+,36+,37-,38+,39-/m0/s1. The molecule has 0 radical (unpaired) electrons. The van der Waals surface area contributed by atoms with Crippen LogP contribution < -0.4 is 5.32 Å². The van der Waals surface area contributed by atoms with E-state index < -0.39 is 42.4 Å². The van der Waals surface area contributed by atoms with E-state index in [0.717, 1.165) is 22.3 Å². The van der Waals surface area contributed by atoms with Crippen molar-refractivity contribution in [3.63, 3.8) is 0 Å². The van der Waals surface area contributed by atoms with Crippen LogP contribution >= 0.6 is 11.3 Å². The van der Waals surface area contributed by atoms with Crippen LogP contribution in [0, 0.1) is 29.6 Å². The van der Waals surface area contributed by atoms with Crippen molar-refractivity contribution in [2.45, 2.75) is 106 Å². The van der Waals surface area contributed by atoms with E-state index in [4.69, 9.17) is 19.2 Å². The fourth-order valence-electron chi connectivity index (χ4n) is 5.88. The molecule has 9 nitrogen and oxygen atoms in total. The summed E-state index contributed by atoms with van der Waals surface area (Å²) in [6.07, 6.45) is 15.8. The number of carbonyl (C=O) groups excluding carboxylic acids is 2. The second-order valence-electron chi connectivity index (χ2n) is 14.5. The highest BCUT2D eigenvalue weighted by atomic mass is 32.1. The van der Waals surface area contributed by atoms with Gasteiger partial charge in [-0.15, -0.1) is 11.3 Å². The number of alkyl carbamates (subject to hydrolysis) is 1. The highest BCUT2D eigenvalue weighted by molar-refractivity contribution is 7.09. The summed E-state index contributed by atoms with van der Waals surface area (Å²) in [6, 6.07) is 0. The monoisotopic (exact) mass is 738 g/mol. The molecule has 1 aromatic heterocycles. The molecule has 52 heavy (non-hydrogen) atoms. The molecule has 1 aliphatic heterocycles. The molecule has 10 heteroatoms. The molecule has 0 saturated carbocycles. The van der Waals surface area contributed by atoms with E-state index in [-0.39, 0.29) is 29.8 Å². The number of nitrogens with zero attached hydrogens (tertiary/aromatic N) is 1. The predicted molar refractivity (Wildman–Crippen MR) is 211 cm³/mol. The zero-order chi connectivity index (χ0) is 39.1. The van der Waals surface area contributed by atoms with Gasteiger partial charge in [-0.05, 0) is 52.5 Å². The fraction of sp³-hybridized carbons (Fsp3) is 0.548. The smallest absolute Gasteiger partial charge is 0.407 e. The first-order chi connectivity index (χ1) is 24.5. The average molecular weight is 739 g/mol. The Bertz CT molecular complexity index is 1530. The highest BCUT2D eigenvalue weighted by Gasteiger charge is 2.29. The predicted octanol–water partition coefficient (Wildman–Crippen LogP) is 8.92. The van der Waals surface area contributed by atoms with Gasteiger partial charge in [0.2, 0.25) is 0 Å². The first kappa shape index (κ1) is 44.6. The van der Waals surface area contributed by atoms with E-state index in [1.165, 1.54) is 18.4 Å². The molecule has 1 amide bonds. The van der Waals surface area contributed by atoms with Gasteiger partial charge in [0, 0.05) is 37.3 Å². The largest absolute Gasteiger partial charge is 0.455 e. The van der Waals surface area contributed by atoms with E-state index >= 15 is 0 Å². The third-order valence-electron chi connectivity index (χ3n) is 8.99. The van der Waals surface area contributed by atoms with Crippen LogP contribution in [0.2, 0.25) is 0 Å². The zero-order valence-electron chi connectivity index (χ0n) is 33.1. The summed E-state index contributed by atoms with van der Waals surface area (Å²) in [5, 5.41) is 27.0. The zero-order valence-corrected chi connectivity index (χ0v) is 33.9. The molecule has 288 valence electrons. The van der Waals surface area contributed by atoms with E-state index in [0.29, 0.717) is 17.1 Å². The van der Waals surface area contributed by atoms with Crippen molar-refractivity contribution >= 4 is 23.4 Å². The third-order valence-corrected chi connectivity index (χ3v) is 9.94. The van der Waals surface area contributed by atoms with Gasteiger partial charge in [0.05, 0.1) is 29.9 Å². The van der Waals surface area contributed by atoms with Crippen LogP contribution in [0.4, 0.5) is 4.79 Å². The molecule has 2 rings (SSSR count). The molecule has 0 aliphatic carbocycles. The van der Waals surface area contributed by atoms with Crippen molar-refractivity contribution in [2.75, 3.05) is 14.2 Å². The Morgan fingerprint density at radius 2 is 1.63 bits per heavy atom. The summed E-state index contributed by atoms with van der Waals surface area (Å²) in [5.74, 6) is -1.44. The number of aliphatic hydroxyl groups excluding tert-OH is 2. The van der Waals surface area contributed by atoms with Crippen molar-refractivity contribution in [1.29, 1.82) is 0 Å². The van der Waals surface area contributed by atoms with Gasteiger partial charge in [-0.25, -0.2) is 9.78 Å². The van der Waals surface area contributed by atoms with E-state index in [1.807, 2.05) is 96.4 Å². The molecule has 0 saturated heterocycles. The summed E-state index contributed by atoms with van der Waals surface area (Å²) in [6.45, 7) is 19.5. The minimum absolute atomic E-state index is 0.160.